The van der Waals surface area contributed by atoms with E-state index < -0.39 is 0 Å². The van der Waals surface area contributed by atoms with Crippen molar-refractivity contribution in [1.29, 1.82) is 0 Å². The van der Waals surface area contributed by atoms with E-state index in [0.29, 0.717) is 11.7 Å². The molecule has 2 rings (SSSR count). The molecule has 0 fully saturated rings. The van der Waals surface area contributed by atoms with E-state index in [1.165, 1.54) is 12.8 Å². The van der Waals surface area contributed by atoms with Crippen LogP contribution in [0, 0.1) is 0 Å². The lowest BCUT2D eigenvalue weighted by Crippen LogP contribution is -2.18. The average Bonchev–Trinajstić information content (AvgIpc) is 2.88. The van der Waals surface area contributed by atoms with Crippen LogP contribution in [0.15, 0.2) is 34.9 Å². The molecular formula is C14H19N3O. The molecule has 4 nitrogen and oxygen atoms in total. The van der Waals surface area contributed by atoms with Crippen molar-refractivity contribution in [2.24, 2.45) is 0 Å². The summed E-state index contributed by atoms with van der Waals surface area (Å²) < 4.78 is 5.22. The van der Waals surface area contributed by atoms with Gasteiger partial charge >= 0.3 is 0 Å². The van der Waals surface area contributed by atoms with Crippen molar-refractivity contribution >= 4 is 0 Å². The molecule has 18 heavy (non-hydrogen) atoms. The minimum atomic E-state index is 0.666. The molecule has 1 aromatic heterocycles. The van der Waals surface area contributed by atoms with Crippen LogP contribution < -0.4 is 5.32 Å². The van der Waals surface area contributed by atoms with Crippen molar-refractivity contribution in [3.05, 3.63) is 36.2 Å². The second-order valence-electron chi connectivity index (χ2n) is 4.23. The van der Waals surface area contributed by atoms with Crippen molar-refractivity contribution < 1.29 is 4.52 Å². The van der Waals surface area contributed by atoms with E-state index in [0.717, 1.165) is 25.1 Å². The maximum Gasteiger partial charge on any atom is 0.228 e. The maximum atomic E-state index is 5.22. The molecule has 96 valence electrons. The summed E-state index contributed by atoms with van der Waals surface area (Å²) in [5.74, 6) is 1.36. The lowest BCUT2D eigenvalue weighted by atomic mass is 10.2. The van der Waals surface area contributed by atoms with Gasteiger partial charge in [0.1, 0.15) is 0 Å². The highest BCUT2D eigenvalue weighted by atomic mass is 16.5. The molecule has 0 unspecified atom stereocenters. The van der Waals surface area contributed by atoms with E-state index in [9.17, 15) is 0 Å². The summed E-state index contributed by atoms with van der Waals surface area (Å²) in [5, 5.41) is 7.34. The Morgan fingerprint density at radius 3 is 2.78 bits per heavy atom. The van der Waals surface area contributed by atoms with Crippen LogP contribution in [0.3, 0.4) is 0 Å². The number of nitrogens with zero attached hydrogens (tertiary/aromatic N) is 2. The average molecular weight is 245 g/mol. The molecule has 1 aromatic carbocycles. The Labute approximate surface area is 107 Å². The number of rotatable bonds is 7. The summed E-state index contributed by atoms with van der Waals surface area (Å²) in [6, 6.07) is 9.87. The van der Waals surface area contributed by atoms with Crippen molar-refractivity contribution in [2.75, 3.05) is 13.1 Å². The molecule has 2 aromatic rings. The monoisotopic (exact) mass is 245 g/mol. The van der Waals surface area contributed by atoms with Gasteiger partial charge in [-0.25, -0.2) is 0 Å². The molecule has 0 aliphatic heterocycles. The third-order valence-corrected chi connectivity index (χ3v) is 2.72. The lowest BCUT2D eigenvalue weighted by molar-refractivity contribution is 0.376. The standard InChI is InChI=1S/C14H19N3O/c1-2-3-10-15-11-9-13-16-14(17-18-13)12-7-5-4-6-8-12/h4-8,15H,2-3,9-11H2,1H3. The van der Waals surface area contributed by atoms with E-state index in [1.54, 1.807) is 0 Å². The van der Waals surface area contributed by atoms with Gasteiger partial charge in [-0.05, 0) is 13.0 Å². The molecule has 0 radical (unpaired) electrons. The lowest BCUT2D eigenvalue weighted by Gasteiger charge is -1.99. The van der Waals surface area contributed by atoms with Gasteiger partial charge in [-0.2, -0.15) is 4.98 Å². The first-order valence-corrected chi connectivity index (χ1v) is 6.49. The van der Waals surface area contributed by atoms with Gasteiger partial charge < -0.3 is 9.84 Å². The molecule has 0 saturated carbocycles. The Hall–Kier alpha value is -1.68. The molecule has 1 heterocycles. The highest BCUT2D eigenvalue weighted by Gasteiger charge is 2.07. The molecule has 0 atom stereocenters. The summed E-state index contributed by atoms with van der Waals surface area (Å²) in [6.07, 6.45) is 3.20. The van der Waals surface area contributed by atoms with Gasteiger partial charge in [0.2, 0.25) is 11.7 Å². The van der Waals surface area contributed by atoms with Crippen molar-refractivity contribution in [3.8, 4) is 11.4 Å². The van der Waals surface area contributed by atoms with Crippen LogP contribution in [0.5, 0.6) is 0 Å². The SMILES string of the molecule is CCCCNCCc1nc(-c2ccccc2)no1. The predicted octanol–water partition coefficient (Wildman–Crippen LogP) is 2.67. The van der Waals surface area contributed by atoms with Gasteiger partial charge in [-0.1, -0.05) is 48.8 Å². The molecule has 0 aliphatic rings. The summed E-state index contributed by atoms with van der Waals surface area (Å²) in [4.78, 5) is 4.38. The molecule has 0 saturated heterocycles. The van der Waals surface area contributed by atoms with E-state index in [1.807, 2.05) is 30.3 Å². The first-order valence-electron chi connectivity index (χ1n) is 6.49. The third kappa shape index (κ3) is 3.67. The van der Waals surface area contributed by atoms with Gasteiger partial charge in [0.05, 0.1) is 0 Å². The first-order chi connectivity index (χ1) is 8.90. The Balaban J connectivity index is 1.83. The molecule has 0 aliphatic carbocycles. The normalized spacial score (nSPS) is 10.7. The first kappa shape index (κ1) is 12.8. The Kier molecular flexibility index (Phi) is 4.90. The minimum Gasteiger partial charge on any atom is -0.339 e. The van der Waals surface area contributed by atoms with Crippen LogP contribution in [-0.4, -0.2) is 23.2 Å². The number of hydrogen-bond acceptors (Lipinski definition) is 4. The fraction of sp³-hybridized carbons (Fsp3) is 0.429. The van der Waals surface area contributed by atoms with E-state index >= 15 is 0 Å². The van der Waals surface area contributed by atoms with Gasteiger partial charge in [-0.3, -0.25) is 0 Å². The van der Waals surface area contributed by atoms with E-state index in [4.69, 9.17) is 4.52 Å². The van der Waals surface area contributed by atoms with Crippen LogP contribution in [-0.2, 0) is 6.42 Å². The number of hydrogen-bond donors (Lipinski definition) is 1. The summed E-state index contributed by atoms with van der Waals surface area (Å²) in [5.41, 5.74) is 0.992. The number of aromatic nitrogens is 2. The van der Waals surface area contributed by atoms with Crippen molar-refractivity contribution in [2.45, 2.75) is 26.2 Å². The van der Waals surface area contributed by atoms with Crippen LogP contribution in [0.25, 0.3) is 11.4 Å². The second-order valence-corrected chi connectivity index (χ2v) is 4.23. The fourth-order valence-corrected chi connectivity index (χ4v) is 1.68. The highest BCUT2D eigenvalue weighted by molar-refractivity contribution is 5.53. The zero-order valence-corrected chi connectivity index (χ0v) is 10.7. The van der Waals surface area contributed by atoms with Crippen molar-refractivity contribution in [1.82, 2.24) is 15.5 Å². The van der Waals surface area contributed by atoms with Crippen LogP contribution in [0.2, 0.25) is 0 Å². The van der Waals surface area contributed by atoms with E-state index in [-0.39, 0.29) is 0 Å². The maximum absolute atomic E-state index is 5.22. The van der Waals surface area contributed by atoms with Crippen LogP contribution >= 0.6 is 0 Å². The van der Waals surface area contributed by atoms with Crippen molar-refractivity contribution in [3.63, 3.8) is 0 Å². The summed E-state index contributed by atoms with van der Waals surface area (Å²) >= 11 is 0. The summed E-state index contributed by atoms with van der Waals surface area (Å²) in [7, 11) is 0. The Bertz CT molecular complexity index is 453. The zero-order chi connectivity index (χ0) is 12.6. The molecule has 1 N–H and O–H groups in total. The zero-order valence-electron chi connectivity index (χ0n) is 10.7. The second kappa shape index (κ2) is 6.91. The van der Waals surface area contributed by atoms with E-state index in [2.05, 4.69) is 22.4 Å². The largest absolute Gasteiger partial charge is 0.339 e. The molecule has 0 amide bonds. The third-order valence-electron chi connectivity index (χ3n) is 2.72. The predicted molar refractivity (Wildman–Crippen MR) is 71.2 cm³/mol. The molecule has 0 bridgehead atoms. The smallest absolute Gasteiger partial charge is 0.228 e. The van der Waals surface area contributed by atoms with Gasteiger partial charge in [0.25, 0.3) is 0 Å². The topological polar surface area (TPSA) is 51.0 Å². The number of benzene rings is 1. The number of unbranched alkanes of at least 4 members (excludes halogenated alkanes) is 1. The molecular weight excluding hydrogens is 226 g/mol. The molecule has 4 heteroatoms. The quantitative estimate of drug-likeness (QED) is 0.762. The van der Waals surface area contributed by atoms with Gasteiger partial charge in [-0.15, -0.1) is 0 Å². The van der Waals surface area contributed by atoms with Gasteiger partial charge in [0, 0.05) is 18.5 Å². The minimum absolute atomic E-state index is 0.666. The fourth-order valence-electron chi connectivity index (χ4n) is 1.68. The van der Waals surface area contributed by atoms with Crippen LogP contribution in [0.1, 0.15) is 25.7 Å². The van der Waals surface area contributed by atoms with Crippen LogP contribution in [0.4, 0.5) is 0 Å². The van der Waals surface area contributed by atoms with Gasteiger partial charge in [0.15, 0.2) is 0 Å². The number of nitrogens with one attached hydrogen (secondary N) is 1. The summed E-state index contributed by atoms with van der Waals surface area (Å²) in [6.45, 7) is 4.12. The Morgan fingerprint density at radius 2 is 2.00 bits per heavy atom. The Morgan fingerprint density at radius 1 is 1.17 bits per heavy atom. The highest BCUT2D eigenvalue weighted by Crippen LogP contribution is 2.14. The molecule has 0 spiro atoms.